The molecule has 35 heavy (non-hydrogen) atoms. The number of para-hydroxylation sites is 2. The zero-order chi connectivity index (χ0) is 25.2. The van der Waals surface area contributed by atoms with E-state index in [-0.39, 0.29) is 30.0 Å². The van der Waals surface area contributed by atoms with E-state index in [1.165, 1.54) is 26.5 Å². The highest BCUT2D eigenvalue weighted by Gasteiger charge is 2.31. The molecule has 2 aromatic carbocycles. The number of aromatic nitrogens is 5. The molecule has 0 bridgehead atoms. The van der Waals surface area contributed by atoms with Gasteiger partial charge in [-0.05, 0) is 30.3 Å². The first-order valence-electron chi connectivity index (χ1n) is 10.3. The monoisotopic (exact) mass is 488 g/mol. The second-order valence-corrected chi connectivity index (χ2v) is 7.51. The summed E-state index contributed by atoms with van der Waals surface area (Å²) in [4.78, 5) is 40.7. The number of ether oxygens (including phenoxy) is 1. The van der Waals surface area contributed by atoms with E-state index < -0.39 is 30.2 Å². The minimum Gasteiger partial charge on any atom is -0.456 e. The number of benzene rings is 2. The quantitative estimate of drug-likeness (QED) is 0.400. The predicted molar refractivity (Wildman–Crippen MR) is 118 cm³/mol. The SMILES string of the molecule is Cn1c(=O)n(CCC(=O)OCC(=O)Nc2cc(C(F)(F)F)ccc2-n2cncn2)c2ccccc21. The number of alkyl halides is 3. The molecule has 0 atom stereocenters. The van der Waals surface area contributed by atoms with Gasteiger partial charge in [-0.2, -0.15) is 18.3 Å². The normalized spacial score (nSPS) is 11.5. The highest BCUT2D eigenvalue weighted by molar-refractivity contribution is 5.94. The summed E-state index contributed by atoms with van der Waals surface area (Å²) in [6, 6.07) is 9.82. The summed E-state index contributed by atoms with van der Waals surface area (Å²) in [5, 5.41) is 6.18. The molecule has 4 aromatic rings. The first-order chi connectivity index (χ1) is 16.6. The van der Waals surface area contributed by atoms with Gasteiger partial charge in [-0.15, -0.1) is 0 Å². The van der Waals surface area contributed by atoms with Crippen LogP contribution in [-0.2, 0) is 34.1 Å². The molecule has 4 rings (SSSR count). The van der Waals surface area contributed by atoms with Gasteiger partial charge in [0.2, 0.25) is 0 Å². The lowest BCUT2D eigenvalue weighted by atomic mass is 10.1. The maximum Gasteiger partial charge on any atom is 0.416 e. The van der Waals surface area contributed by atoms with Crippen LogP contribution in [0.1, 0.15) is 12.0 Å². The van der Waals surface area contributed by atoms with Gasteiger partial charge in [0, 0.05) is 13.6 Å². The van der Waals surface area contributed by atoms with Gasteiger partial charge in [0.05, 0.1) is 34.4 Å². The van der Waals surface area contributed by atoms with Crippen molar-refractivity contribution in [1.29, 1.82) is 0 Å². The van der Waals surface area contributed by atoms with Gasteiger partial charge < -0.3 is 10.1 Å². The Morgan fingerprint density at radius 1 is 1.11 bits per heavy atom. The van der Waals surface area contributed by atoms with E-state index in [0.29, 0.717) is 11.0 Å². The number of nitrogens with one attached hydrogen (secondary N) is 1. The molecule has 0 spiro atoms. The van der Waals surface area contributed by atoms with Crippen LogP contribution in [0, 0.1) is 0 Å². The molecular weight excluding hydrogens is 469 g/mol. The molecule has 2 heterocycles. The van der Waals surface area contributed by atoms with E-state index in [9.17, 15) is 27.6 Å². The van der Waals surface area contributed by atoms with Crippen molar-refractivity contribution in [3.8, 4) is 5.69 Å². The van der Waals surface area contributed by atoms with Gasteiger partial charge in [-0.3, -0.25) is 18.7 Å². The Morgan fingerprint density at radius 3 is 2.54 bits per heavy atom. The van der Waals surface area contributed by atoms with Crippen LogP contribution in [0.15, 0.2) is 59.9 Å². The Morgan fingerprint density at radius 2 is 1.86 bits per heavy atom. The molecule has 0 aliphatic heterocycles. The van der Waals surface area contributed by atoms with Crippen molar-refractivity contribution in [3.05, 3.63) is 71.2 Å². The number of carbonyl (C=O) groups excluding carboxylic acids is 2. The van der Waals surface area contributed by atoms with Gasteiger partial charge in [0.1, 0.15) is 12.7 Å². The molecule has 2 aromatic heterocycles. The van der Waals surface area contributed by atoms with E-state index >= 15 is 0 Å². The highest BCUT2D eigenvalue weighted by atomic mass is 19.4. The molecule has 0 radical (unpaired) electrons. The van der Waals surface area contributed by atoms with Crippen LogP contribution in [0.25, 0.3) is 16.7 Å². The van der Waals surface area contributed by atoms with E-state index in [4.69, 9.17) is 4.74 Å². The number of carbonyl (C=O) groups is 2. The smallest absolute Gasteiger partial charge is 0.416 e. The van der Waals surface area contributed by atoms with Crippen LogP contribution in [0.5, 0.6) is 0 Å². The standard InChI is InChI=1S/C22H19F3N6O4/c1-29-17-4-2-3-5-18(17)30(21(29)34)9-8-20(33)35-11-19(32)28-15-10-14(22(23,24)25)6-7-16(15)31-13-26-12-27-31/h2-7,10,12-13H,8-9,11H2,1H3,(H,28,32). The maximum atomic E-state index is 13.1. The van der Waals surface area contributed by atoms with Gasteiger partial charge in [-0.1, -0.05) is 12.1 Å². The van der Waals surface area contributed by atoms with Crippen molar-refractivity contribution in [2.75, 3.05) is 11.9 Å². The van der Waals surface area contributed by atoms with Crippen LogP contribution in [0.2, 0.25) is 0 Å². The minimum absolute atomic E-state index is 0.0325. The highest BCUT2D eigenvalue weighted by Crippen LogP contribution is 2.33. The lowest BCUT2D eigenvalue weighted by Crippen LogP contribution is -2.25. The molecule has 182 valence electrons. The number of rotatable bonds is 7. The number of hydrogen-bond donors (Lipinski definition) is 1. The maximum absolute atomic E-state index is 13.1. The second kappa shape index (κ2) is 9.44. The van der Waals surface area contributed by atoms with Crippen molar-refractivity contribution < 1.29 is 27.5 Å². The summed E-state index contributed by atoms with van der Waals surface area (Å²) in [6.07, 6.45) is -2.37. The third kappa shape index (κ3) is 5.08. The number of amides is 1. The number of anilines is 1. The molecule has 0 fully saturated rings. The molecule has 13 heteroatoms. The van der Waals surface area contributed by atoms with Crippen molar-refractivity contribution in [2.45, 2.75) is 19.1 Å². The Kier molecular flexibility index (Phi) is 6.40. The van der Waals surface area contributed by atoms with E-state index in [1.807, 2.05) is 0 Å². The Hall–Kier alpha value is -4.42. The third-order valence-corrected chi connectivity index (χ3v) is 5.22. The molecule has 1 amide bonds. The largest absolute Gasteiger partial charge is 0.456 e. The number of hydrogen-bond acceptors (Lipinski definition) is 6. The molecule has 0 aliphatic carbocycles. The number of nitrogens with zero attached hydrogens (tertiary/aromatic N) is 5. The summed E-state index contributed by atoms with van der Waals surface area (Å²) >= 11 is 0. The Labute approximate surface area is 195 Å². The topological polar surface area (TPSA) is 113 Å². The lowest BCUT2D eigenvalue weighted by molar-refractivity contribution is -0.147. The van der Waals surface area contributed by atoms with Crippen LogP contribution in [-0.4, -0.2) is 42.4 Å². The van der Waals surface area contributed by atoms with Crippen LogP contribution in [0.4, 0.5) is 18.9 Å². The van der Waals surface area contributed by atoms with Gasteiger partial charge in [0.15, 0.2) is 6.61 Å². The second-order valence-electron chi connectivity index (χ2n) is 7.51. The Balaban J connectivity index is 1.40. The summed E-state index contributed by atoms with van der Waals surface area (Å²) in [5.41, 5.74) is 0.0283. The van der Waals surface area contributed by atoms with Gasteiger partial charge in [0.25, 0.3) is 5.91 Å². The van der Waals surface area contributed by atoms with Crippen LogP contribution >= 0.6 is 0 Å². The number of imidazole rings is 1. The van der Waals surface area contributed by atoms with E-state index in [1.54, 1.807) is 31.3 Å². The first-order valence-corrected chi connectivity index (χ1v) is 10.3. The van der Waals surface area contributed by atoms with E-state index in [2.05, 4.69) is 15.4 Å². The molecule has 0 aliphatic rings. The summed E-state index contributed by atoms with van der Waals surface area (Å²) in [7, 11) is 1.62. The Bertz CT molecular complexity index is 1440. The van der Waals surface area contributed by atoms with Crippen molar-refractivity contribution in [1.82, 2.24) is 23.9 Å². The van der Waals surface area contributed by atoms with Gasteiger partial charge in [-0.25, -0.2) is 14.5 Å². The third-order valence-electron chi connectivity index (χ3n) is 5.22. The average molecular weight is 488 g/mol. The zero-order valence-electron chi connectivity index (χ0n) is 18.3. The predicted octanol–water partition coefficient (Wildman–Crippen LogP) is 2.51. The summed E-state index contributed by atoms with van der Waals surface area (Å²) in [5.74, 6) is -1.60. The fourth-order valence-electron chi connectivity index (χ4n) is 3.53. The number of aryl methyl sites for hydroxylation is 2. The summed E-state index contributed by atoms with van der Waals surface area (Å²) in [6.45, 7) is -0.693. The van der Waals surface area contributed by atoms with Crippen molar-refractivity contribution in [3.63, 3.8) is 0 Å². The molecular formula is C22H19F3N6O4. The molecule has 0 saturated heterocycles. The molecule has 10 nitrogen and oxygen atoms in total. The minimum atomic E-state index is -4.63. The van der Waals surface area contributed by atoms with Crippen LogP contribution in [0.3, 0.4) is 0 Å². The van der Waals surface area contributed by atoms with Crippen molar-refractivity contribution in [2.24, 2.45) is 7.05 Å². The lowest BCUT2D eigenvalue weighted by Gasteiger charge is -2.14. The fraction of sp³-hybridized carbons (Fsp3) is 0.227. The fourth-order valence-corrected chi connectivity index (χ4v) is 3.53. The zero-order valence-corrected chi connectivity index (χ0v) is 18.3. The summed E-state index contributed by atoms with van der Waals surface area (Å²) < 4.78 is 48.4. The average Bonchev–Trinajstić information content (AvgIpc) is 3.44. The first kappa shape index (κ1) is 23.7. The number of fused-ring (bicyclic) bond motifs is 1. The van der Waals surface area contributed by atoms with Crippen LogP contribution < -0.4 is 11.0 Å². The van der Waals surface area contributed by atoms with E-state index in [0.717, 1.165) is 18.2 Å². The molecule has 0 saturated carbocycles. The van der Waals surface area contributed by atoms with Gasteiger partial charge >= 0.3 is 17.8 Å². The van der Waals surface area contributed by atoms with Crippen molar-refractivity contribution >= 4 is 28.6 Å². The number of esters is 1. The molecule has 0 unspecified atom stereocenters. The molecule has 1 N–H and O–H groups in total. The number of halogens is 3.